The molecule has 3 atom stereocenters. The molecule has 0 radical (unpaired) electrons. The highest BCUT2D eigenvalue weighted by Gasteiger charge is 2.28. The molecule has 3 unspecified atom stereocenters. The van der Waals surface area contributed by atoms with E-state index in [2.05, 4.69) is 15.6 Å². The van der Waals surface area contributed by atoms with E-state index in [1.54, 1.807) is 0 Å². The van der Waals surface area contributed by atoms with Gasteiger partial charge in [0.1, 0.15) is 12.1 Å². The first-order valence-electron chi connectivity index (χ1n) is 9.30. The summed E-state index contributed by atoms with van der Waals surface area (Å²) in [5.41, 5.74) is 16.3. The van der Waals surface area contributed by atoms with Crippen LogP contribution in [0.15, 0.2) is 4.99 Å². The van der Waals surface area contributed by atoms with E-state index in [4.69, 9.17) is 22.3 Å². The first-order chi connectivity index (χ1) is 13.4. The van der Waals surface area contributed by atoms with Gasteiger partial charge >= 0.3 is 11.9 Å². The van der Waals surface area contributed by atoms with Gasteiger partial charge in [-0.15, -0.1) is 0 Å². The van der Waals surface area contributed by atoms with Gasteiger partial charge < -0.3 is 38.0 Å². The van der Waals surface area contributed by atoms with Crippen molar-refractivity contribution >= 4 is 29.7 Å². The van der Waals surface area contributed by atoms with Crippen molar-refractivity contribution in [3.63, 3.8) is 0 Å². The fourth-order valence-electron chi connectivity index (χ4n) is 2.46. The van der Waals surface area contributed by atoms with Crippen molar-refractivity contribution in [1.82, 2.24) is 10.6 Å². The molecule has 12 nitrogen and oxygen atoms in total. The molecule has 2 amide bonds. The number of carbonyl (C=O) groups excluding carboxylic acids is 2. The fraction of sp³-hybridized carbons (Fsp3) is 0.706. The van der Waals surface area contributed by atoms with Crippen LogP contribution < -0.4 is 27.8 Å². The Balaban J connectivity index is 5.14. The molecular weight excluding hydrogens is 384 g/mol. The van der Waals surface area contributed by atoms with Crippen LogP contribution in [0.1, 0.15) is 46.0 Å². The summed E-state index contributed by atoms with van der Waals surface area (Å²) in [6.07, 6.45) is 0.150. The van der Waals surface area contributed by atoms with Gasteiger partial charge in [-0.1, -0.05) is 13.8 Å². The van der Waals surface area contributed by atoms with Crippen LogP contribution in [0.4, 0.5) is 0 Å². The Kier molecular flexibility index (Phi) is 12.0. The van der Waals surface area contributed by atoms with Crippen LogP contribution in [-0.4, -0.2) is 64.6 Å². The van der Waals surface area contributed by atoms with Crippen molar-refractivity contribution < 1.29 is 29.4 Å². The van der Waals surface area contributed by atoms with Gasteiger partial charge in [-0.2, -0.15) is 0 Å². The molecule has 0 aliphatic rings. The van der Waals surface area contributed by atoms with Crippen molar-refractivity contribution in [3.8, 4) is 0 Å². The van der Waals surface area contributed by atoms with Gasteiger partial charge in [-0.05, 0) is 31.6 Å². The molecule has 0 spiro atoms. The van der Waals surface area contributed by atoms with E-state index in [9.17, 15) is 24.3 Å². The number of aliphatic carboxylic acids is 2. The zero-order valence-electron chi connectivity index (χ0n) is 16.8. The third-order valence-electron chi connectivity index (χ3n) is 3.90. The van der Waals surface area contributed by atoms with Crippen molar-refractivity contribution in [2.75, 3.05) is 6.54 Å². The molecule has 0 saturated carbocycles. The first kappa shape index (κ1) is 26.1. The summed E-state index contributed by atoms with van der Waals surface area (Å²) in [6, 6.07) is -3.30. The van der Waals surface area contributed by atoms with Crippen LogP contribution in [0, 0.1) is 5.92 Å². The fourth-order valence-corrected chi connectivity index (χ4v) is 2.46. The number of carbonyl (C=O) groups is 4. The summed E-state index contributed by atoms with van der Waals surface area (Å²) in [5, 5.41) is 22.7. The second kappa shape index (κ2) is 13.3. The topological polar surface area (TPSA) is 223 Å². The molecule has 0 aromatic rings. The number of amides is 2. The number of carboxylic acid groups (broad SMARTS) is 2. The maximum atomic E-state index is 12.5. The number of aliphatic imine (C=N–C) groups is 1. The van der Waals surface area contributed by atoms with Crippen LogP contribution in [0.5, 0.6) is 0 Å². The van der Waals surface area contributed by atoms with Crippen LogP contribution in [0.25, 0.3) is 0 Å². The molecule has 0 fully saturated rings. The van der Waals surface area contributed by atoms with E-state index in [0.717, 1.165) is 0 Å². The summed E-state index contributed by atoms with van der Waals surface area (Å²) >= 11 is 0. The number of rotatable bonds is 14. The van der Waals surface area contributed by atoms with Gasteiger partial charge in [0.25, 0.3) is 0 Å². The minimum Gasteiger partial charge on any atom is -0.481 e. The smallest absolute Gasteiger partial charge is 0.326 e. The third-order valence-corrected chi connectivity index (χ3v) is 3.90. The molecule has 10 N–H and O–H groups in total. The van der Waals surface area contributed by atoms with E-state index >= 15 is 0 Å². The Morgan fingerprint density at radius 1 is 0.966 bits per heavy atom. The molecule has 0 aliphatic carbocycles. The molecule has 12 heteroatoms. The largest absolute Gasteiger partial charge is 0.481 e. The number of hydrogen-bond donors (Lipinski definition) is 7. The Bertz CT molecular complexity index is 605. The highest BCUT2D eigenvalue weighted by Crippen LogP contribution is 2.06. The Morgan fingerprint density at radius 3 is 2.03 bits per heavy atom. The van der Waals surface area contributed by atoms with Crippen molar-refractivity contribution in [1.29, 1.82) is 0 Å². The Hall–Kier alpha value is -2.89. The second-order valence-electron chi connectivity index (χ2n) is 7.08. The minimum absolute atomic E-state index is 0.117. The summed E-state index contributed by atoms with van der Waals surface area (Å²) < 4.78 is 0. The van der Waals surface area contributed by atoms with Gasteiger partial charge in [0, 0.05) is 13.0 Å². The van der Waals surface area contributed by atoms with Gasteiger partial charge in [-0.3, -0.25) is 19.4 Å². The molecule has 0 aliphatic heterocycles. The standard InChI is InChI=1S/C17H32N6O6/c1-9(2)8-10(18)14(26)22-11(4-3-7-21-17(19)20)15(27)23-12(16(28)29)5-6-13(24)25/h9-12H,3-8,18H2,1-2H3,(H,22,26)(H,23,27)(H,24,25)(H,28,29)(H4,19,20,21). The molecule has 166 valence electrons. The number of nitrogens with two attached hydrogens (primary N) is 3. The van der Waals surface area contributed by atoms with E-state index in [1.807, 2.05) is 13.8 Å². The van der Waals surface area contributed by atoms with Crippen molar-refractivity contribution in [2.24, 2.45) is 28.1 Å². The molecule has 0 heterocycles. The minimum atomic E-state index is -1.40. The van der Waals surface area contributed by atoms with Crippen LogP contribution in [0.2, 0.25) is 0 Å². The molecule has 0 aromatic carbocycles. The second-order valence-corrected chi connectivity index (χ2v) is 7.08. The van der Waals surface area contributed by atoms with E-state index in [1.165, 1.54) is 0 Å². The Labute approximate surface area is 169 Å². The maximum Gasteiger partial charge on any atom is 0.326 e. The Morgan fingerprint density at radius 2 is 1.55 bits per heavy atom. The van der Waals surface area contributed by atoms with Crippen molar-refractivity contribution in [2.45, 2.75) is 64.1 Å². The lowest BCUT2D eigenvalue weighted by Gasteiger charge is -2.23. The molecule has 0 saturated heterocycles. The first-order valence-corrected chi connectivity index (χ1v) is 9.30. The highest BCUT2D eigenvalue weighted by molar-refractivity contribution is 5.91. The summed E-state index contributed by atoms with van der Waals surface area (Å²) in [6.45, 7) is 4.00. The van der Waals surface area contributed by atoms with Gasteiger partial charge in [0.15, 0.2) is 5.96 Å². The summed E-state index contributed by atoms with van der Waals surface area (Å²) in [7, 11) is 0. The maximum absolute atomic E-state index is 12.5. The molecule has 0 aromatic heterocycles. The average molecular weight is 416 g/mol. The monoisotopic (exact) mass is 416 g/mol. The highest BCUT2D eigenvalue weighted by atomic mass is 16.4. The molecule has 0 rings (SSSR count). The predicted octanol–water partition coefficient (Wildman–Crippen LogP) is -1.67. The van der Waals surface area contributed by atoms with E-state index < -0.39 is 48.3 Å². The number of nitrogens with zero attached hydrogens (tertiary/aromatic N) is 1. The third kappa shape index (κ3) is 12.2. The van der Waals surface area contributed by atoms with Gasteiger partial charge in [0.2, 0.25) is 11.8 Å². The van der Waals surface area contributed by atoms with Crippen LogP contribution >= 0.6 is 0 Å². The number of nitrogens with one attached hydrogen (secondary N) is 2. The van der Waals surface area contributed by atoms with Crippen LogP contribution in [-0.2, 0) is 19.2 Å². The van der Waals surface area contributed by atoms with Gasteiger partial charge in [0.05, 0.1) is 6.04 Å². The van der Waals surface area contributed by atoms with E-state index in [0.29, 0.717) is 12.8 Å². The zero-order chi connectivity index (χ0) is 22.6. The van der Waals surface area contributed by atoms with Crippen LogP contribution in [0.3, 0.4) is 0 Å². The number of guanidine groups is 1. The average Bonchev–Trinajstić information content (AvgIpc) is 2.59. The van der Waals surface area contributed by atoms with Gasteiger partial charge in [-0.25, -0.2) is 4.79 Å². The SMILES string of the molecule is CC(C)CC(N)C(=O)NC(CCCN=C(N)N)C(=O)NC(CCC(=O)O)C(=O)O. The summed E-state index contributed by atoms with van der Waals surface area (Å²) in [5.74, 6) is -3.81. The quantitative estimate of drug-likeness (QED) is 0.0975. The summed E-state index contributed by atoms with van der Waals surface area (Å²) in [4.78, 5) is 50.6. The molecule has 29 heavy (non-hydrogen) atoms. The molecular formula is C17H32N6O6. The number of carboxylic acids is 2. The van der Waals surface area contributed by atoms with Crippen molar-refractivity contribution in [3.05, 3.63) is 0 Å². The normalized spacial score (nSPS) is 13.8. The number of hydrogen-bond acceptors (Lipinski definition) is 6. The lowest BCUT2D eigenvalue weighted by Crippen LogP contribution is -2.54. The van der Waals surface area contributed by atoms with E-state index in [-0.39, 0.29) is 31.3 Å². The molecule has 0 bridgehead atoms. The lowest BCUT2D eigenvalue weighted by atomic mass is 10.0. The zero-order valence-corrected chi connectivity index (χ0v) is 16.8. The lowest BCUT2D eigenvalue weighted by molar-refractivity contribution is -0.143. The predicted molar refractivity (Wildman–Crippen MR) is 106 cm³/mol.